The third-order valence-electron chi connectivity index (χ3n) is 3.44. The molecule has 3 amide bonds. The van der Waals surface area contributed by atoms with E-state index in [2.05, 4.69) is 10.3 Å². The van der Waals surface area contributed by atoms with Crippen molar-refractivity contribution in [2.24, 2.45) is 0 Å². The molecule has 8 heteroatoms. The summed E-state index contributed by atoms with van der Waals surface area (Å²) in [5, 5.41) is 3.41. The van der Waals surface area contributed by atoms with E-state index in [1.165, 1.54) is 12.3 Å². The molecular weight excluding hydrogens is 353 g/mol. The SMILES string of the molecule is O=C(CCN1C(=O)c2cccnc2C1=O)Nc1cc(Cl)cc(Cl)c1. The Labute approximate surface area is 147 Å². The van der Waals surface area contributed by atoms with Crippen molar-refractivity contribution in [3.63, 3.8) is 0 Å². The second kappa shape index (κ2) is 6.59. The molecule has 2 heterocycles. The fourth-order valence-corrected chi connectivity index (χ4v) is 2.91. The zero-order valence-electron chi connectivity index (χ0n) is 12.3. The molecule has 1 N–H and O–H groups in total. The molecule has 3 rings (SSSR count). The first-order chi connectivity index (χ1) is 11.5. The Balaban J connectivity index is 1.63. The van der Waals surface area contributed by atoms with Crippen molar-refractivity contribution in [2.75, 3.05) is 11.9 Å². The highest BCUT2D eigenvalue weighted by Gasteiger charge is 2.36. The Morgan fingerprint density at radius 2 is 1.83 bits per heavy atom. The number of carbonyl (C=O) groups excluding carboxylic acids is 3. The molecule has 122 valence electrons. The molecule has 1 aliphatic heterocycles. The maximum atomic E-state index is 12.2. The number of rotatable bonds is 4. The van der Waals surface area contributed by atoms with Gasteiger partial charge in [-0.25, -0.2) is 0 Å². The first kappa shape index (κ1) is 16.4. The van der Waals surface area contributed by atoms with Crippen LogP contribution in [0, 0.1) is 0 Å². The Hall–Kier alpha value is -2.44. The lowest BCUT2D eigenvalue weighted by atomic mass is 10.2. The summed E-state index contributed by atoms with van der Waals surface area (Å²) >= 11 is 11.7. The molecule has 1 aliphatic rings. The first-order valence-electron chi connectivity index (χ1n) is 7.03. The number of fused-ring (bicyclic) bond motifs is 1. The molecule has 0 bridgehead atoms. The molecule has 24 heavy (non-hydrogen) atoms. The topological polar surface area (TPSA) is 79.4 Å². The monoisotopic (exact) mass is 363 g/mol. The van der Waals surface area contributed by atoms with Crippen molar-refractivity contribution in [2.45, 2.75) is 6.42 Å². The molecule has 0 spiro atoms. The highest BCUT2D eigenvalue weighted by molar-refractivity contribution is 6.35. The van der Waals surface area contributed by atoms with Crippen molar-refractivity contribution < 1.29 is 14.4 Å². The molecule has 0 fully saturated rings. The van der Waals surface area contributed by atoms with Gasteiger partial charge in [-0.3, -0.25) is 24.3 Å². The Morgan fingerprint density at radius 3 is 2.50 bits per heavy atom. The molecule has 6 nitrogen and oxygen atoms in total. The number of aromatic nitrogens is 1. The summed E-state index contributed by atoms with van der Waals surface area (Å²) in [4.78, 5) is 41.3. The van der Waals surface area contributed by atoms with Crippen LogP contribution >= 0.6 is 23.2 Å². The van der Waals surface area contributed by atoms with Crippen LogP contribution in [0.25, 0.3) is 0 Å². The van der Waals surface area contributed by atoms with Crippen LogP contribution in [0.4, 0.5) is 5.69 Å². The number of halogens is 2. The van der Waals surface area contributed by atoms with Gasteiger partial charge < -0.3 is 5.32 Å². The van der Waals surface area contributed by atoms with Crippen LogP contribution in [0.15, 0.2) is 36.5 Å². The van der Waals surface area contributed by atoms with E-state index in [0.717, 1.165) is 4.90 Å². The molecule has 0 saturated heterocycles. The van der Waals surface area contributed by atoms with E-state index in [-0.39, 0.29) is 30.1 Å². The predicted octanol–water partition coefficient (Wildman–Crippen LogP) is 3.01. The van der Waals surface area contributed by atoms with E-state index in [1.807, 2.05) is 0 Å². The lowest BCUT2D eigenvalue weighted by Gasteiger charge is -2.13. The number of nitrogens with zero attached hydrogens (tertiary/aromatic N) is 2. The molecule has 1 aromatic carbocycles. The van der Waals surface area contributed by atoms with Gasteiger partial charge in [-0.2, -0.15) is 0 Å². The minimum absolute atomic E-state index is 0.0336. The van der Waals surface area contributed by atoms with Crippen LogP contribution in [-0.2, 0) is 4.79 Å². The van der Waals surface area contributed by atoms with Gasteiger partial charge in [0.05, 0.1) is 5.56 Å². The first-order valence-corrected chi connectivity index (χ1v) is 7.78. The summed E-state index contributed by atoms with van der Waals surface area (Å²) in [6.45, 7) is -0.0336. The number of nitrogens with one attached hydrogen (secondary N) is 1. The zero-order valence-corrected chi connectivity index (χ0v) is 13.8. The van der Waals surface area contributed by atoms with Gasteiger partial charge in [0, 0.05) is 34.9 Å². The van der Waals surface area contributed by atoms with E-state index < -0.39 is 11.8 Å². The molecule has 1 aromatic heterocycles. The second-order valence-electron chi connectivity index (χ2n) is 5.12. The summed E-state index contributed by atoms with van der Waals surface area (Å²) < 4.78 is 0. The second-order valence-corrected chi connectivity index (χ2v) is 5.99. The number of amides is 3. The van der Waals surface area contributed by atoms with Crippen LogP contribution < -0.4 is 5.32 Å². The molecule has 2 aromatic rings. The van der Waals surface area contributed by atoms with E-state index in [0.29, 0.717) is 15.7 Å². The summed E-state index contributed by atoms with van der Waals surface area (Å²) in [5.41, 5.74) is 0.815. The van der Waals surface area contributed by atoms with Gasteiger partial charge >= 0.3 is 0 Å². The Kier molecular flexibility index (Phi) is 4.51. The molecule has 0 aliphatic carbocycles. The summed E-state index contributed by atoms with van der Waals surface area (Å²) in [5.74, 6) is -1.30. The summed E-state index contributed by atoms with van der Waals surface area (Å²) in [6, 6.07) is 7.78. The quantitative estimate of drug-likeness (QED) is 0.846. The third-order valence-corrected chi connectivity index (χ3v) is 3.88. The number of benzene rings is 1. The van der Waals surface area contributed by atoms with Crippen LogP contribution in [0.3, 0.4) is 0 Å². The highest BCUT2D eigenvalue weighted by atomic mass is 35.5. The zero-order chi connectivity index (χ0) is 17.3. The van der Waals surface area contributed by atoms with Gasteiger partial charge in [0.25, 0.3) is 11.8 Å². The number of carbonyl (C=O) groups is 3. The van der Waals surface area contributed by atoms with Crippen molar-refractivity contribution in [3.05, 3.63) is 57.8 Å². The fourth-order valence-electron chi connectivity index (χ4n) is 2.38. The minimum Gasteiger partial charge on any atom is -0.326 e. The van der Waals surface area contributed by atoms with Gasteiger partial charge in [0.2, 0.25) is 5.91 Å². The maximum Gasteiger partial charge on any atom is 0.280 e. The largest absolute Gasteiger partial charge is 0.326 e. The number of hydrogen-bond donors (Lipinski definition) is 1. The minimum atomic E-state index is -0.491. The molecule has 0 atom stereocenters. The number of anilines is 1. The number of pyridine rings is 1. The van der Waals surface area contributed by atoms with Crippen LogP contribution in [-0.4, -0.2) is 34.2 Å². The van der Waals surface area contributed by atoms with Crippen molar-refractivity contribution in [3.8, 4) is 0 Å². The third kappa shape index (κ3) is 3.25. The van der Waals surface area contributed by atoms with Crippen LogP contribution in [0.2, 0.25) is 10.0 Å². The average Bonchev–Trinajstić information content (AvgIpc) is 2.76. The van der Waals surface area contributed by atoms with Crippen LogP contribution in [0.1, 0.15) is 27.3 Å². The summed E-state index contributed by atoms with van der Waals surface area (Å²) in [7, 11) is 0. The number of imide groups is 1. The van der Waals surface area contributed by atoms with Gasteiger partial charge in [0.15, 0.2) is 0 Å². The normalized spacial score (nSPS) is 13.2. The average molecular weight is 364 g/mol. The van der Waals surface area contributed by atoms with Gasteiger partial charge in [0.1, 0.15) is 5.69 Å². The molecule has 0 saturated carbocycles. The number of hydrogen-bond acceptors (Lipinski definition) is 4. The van der Waals surface area contributed by atoms with Gasteiger partial charge in [-0.1, -0.05) is 23.2 Å². The van der Waals surface area contributed by atoms with Crippen molar-refractivity contribution in [1.82, 2.24) is 9.88 Å². The Morgan fingerprint density at radius 1 is 1.12 bits per heavy atom. The molecule has 0 unspecified atom stereocenters. The van der Waals surface area contributed by atoms with Crippen molar-refractivity contribution >= 4 is 46.6 Å². The highest BCUT2D eigenvalue weighted by Crippen LogP contribution is 2.23. The van der Waals surface area contributed by atoms with Crippen LogP contribution in [0.5, 0.6) is 0 Å². The van der Waals surface area contributed by atoms with E-state index in [4.69, 9.17) is 23.2 Å². The smallest absolute Gasteiger partial charge is 0.280 e. The Bertz CT molecular complexity index is 799. The molecular formula is C16H11Cl2N3O3. The standard InChI is InChI=1S/C16H11Cl2N3O3/c17-9-6-10(18)8-11(7-9)20-13(22)3-5-21-15(23)12-2-1-4-19-14(12)16(21)24/h1-2,4,6-8H,3,5H2,(H,20,22). The van der Waals surface area contributed by atoms with E-state index >= 15 is 0 Å². The molecule has 0 radical (unpaired) electrons. The van der Waals surface area contributed by atoms with E-state index in [1.54, 1.807) is 24.3 Å². The predicted molar refractivity (Wildman–Crippen MR) is 89.3 cm³/mol. The lowest BCUT2D eigenvalue weighted by molar-refractivity contribution is -0.116. The summed E-state index contributed by atoms with van der Waals surface area (Å²) in [6.07, 6.45) is 1.40. The van der Waals surface area contributed by atoms with Crippen molar-refractivity contribution in [1.29, 1.82) is 0 Å². The van der Waals surface area contributed by atoms with Gasteiger partial charge in [-0.05, 0) is 30.3 Å². The maximum absolute atomic E-state index is 12.2. The lowest BCUT2D eigenvalue weighted by Crippen LogP contribution is -2.33. The van der Waals surface area contributed by atoms with E-state index in [9.17, 15) is 14.4 Å². The van der Waals surface area contributed by atoms with Gasteiger partial charge in [-0.15, -0.1) is 0 Å². The fraction of sp³-hybridized carbons (Fsp3) is 0.125.